The van der Waals surface area contributed by atoms with Crippen molar-refractivity contribution in [3.63, 3.8) is 0 Å². The molecule has 1 aliphatic rings. The molecule has 1 amide bonds. The van der Waals surface area contributed by atoms with E-state index in [2.05, 4.69) is 23.4 Å². The van der Waals surface area contributed by atoms with E-state index >= 15 is 0 Å². The maximum Gasteiger partial charge on any atom is 0.265 e. The van der Waals surface area contributed by atoms with Gasteiger partial charge in [-0.05, 0) is 45.1 Å². The molecule has 5 nitrogen and oxygen atoms in total. The summed E-state index contributed by atoms with van der Waals surface area (Å²) in [5.41, 5.74) is 3.44. The Morgan fingerprint density at radius 2 is 2.11 bits per heavy atom. The third-order valence-corrected chi connectivity index (χ3v) is 6.55. The molecule has 0 atom stereocenters. The van der Waals surface area contributed by atoms with Gasteiger partial charge in [0.15, 0.2) is 0 Å². The van der Waals surface area contributed by atoms with Crippen molar-refractivity contribution >= 4 is 28.1 Å². The molecule has 1 aliphatic carbocycles. The van der Waals surface area contributed by atoms with Crippen molar-refractivity contribution in [3.05, 3.63) is 45.3 Å². The summed E-state index contributed by atoms with van der Waals surface area (Å²) in [5, 5.41) is 8.89. The van der Waals surface area contributed by atoms with Gasteiger partial charge >= 0.3 is 0 Å². The second kappa shape index (κ2) is 7.72. The van der Waals surface area contributed by atoms with Gasteiger partial charge in [0, 0.05) is 34.6 Å². The van der Waals surface area contributed by atoms with Gasteiger partial charge in [0.25, 0.3) is 5.91 Å². The summed E-state index contributed by atoms with van der Waals surface area (Å²) >= 11 is 1.60. The fourth-order valence-corrected chi connectivity index (χ4v) is 5.12. The van der Waals surface area contributed by atoms with Crippen molar-refractivity contribution < 1.29 is 9.53 Å². The first-order valence-corrected chi connectivity index (χ1v) is 10.4. The highest BCUT2D eigenvalue weighted by Crippen LogP contribution is 2.39. The fourth-order valence-electron chi connectivity index (χ4n) is 3.84. The number of carbonyl (C=O) groups excluding carboxylic acids is 1. The normalized spacial score (nSPS) is 13.6. The zero-order chi connectivity index (χ0) is 18.8. The molecule has 0 saturated heterocycles. The van der Waals surface area contributed by atoms with Gasteiger partial charge in [-0.2, -0.15) is 5.10 Å². The van der Waals surface area contributed by atoms with Crippen LogP contribution in [0, 0.1) is 6.92 Å². The molecule has 27 heavy (non-hydrogen) atoms. The van der Waals surface area contributed by atoms with Crippen LogP contribution in [0.5, 0.6) is 5.75 Å². The zero-order valence-electron chi connectivity index (χ0n) is 15.9. The number of hydrogen-bond donors (Lipinski definition) is 1. The molecule has 2 aromatic heterocycles. The van der Waals surface area contributed by atoms with Gasteiger partial charge in [0.05, 0.1) is 12.6 Å². The van der Waals surface area contributed by atoms with Crippen LogP contribution >= 0.6 is 11.3 Å². The van der Waals surface area contributed by atoms with E-state index in [1.165, 1.54) is 34.4 Å². The van der Waals surface area contributed by atoms with Crippen molar-refractivity contribution in [3.8, 4) is 5.75 Å². The minimum absolute atomic E-state index is 0.0198. The number of amides is 1. The van der Waals surface area contributed by atoms with Crippen LogP contribution in [0.1, 0.15) is 45.1 Å². The number of nitrogens with one attached hydrogen (secondary N) is 1. The van der Waals surface area contributed by atoms with E-state index in [1.807, 2.05) is 22.9 Å². The predicted molar refractivity (Wildman–Crippen MR) is 109 cm³/mol. The van der Waals surface area contributed by atoms with Crippen LogP contribution in [0.2, 0.25) is 0 Å². The summed E-state index contributed by atoms with van der Waals surface area (Å²) in [6.07, 6.45) is 5.31. The van der Waals surface area contributed by atoms with Gasteiger partial charge in [0.2, 0.25) is 0 Å². The molecule has 2 heterocycles. The highest BCUT2D eigenvalue weighted by Gasteiger charge is 2.25. The number of rotatable bonds is 6. The summed E-state index contributed by atoms with van der Waals surface area (Å²) in [4.78, 5) is 14.7. The topological polar surface area (TPSA) is 56.1 Å². The minimum Gasteiger partial charge on any atom is -0.495 e. The number of nitrogens with zero attached hydrogens (tertiary/aromatic N) is 2. The first-order valence-electron chi connectivity index (χ1n) is 9.58. The number of carbonyl (C=O) groups is 1. The second-order valence-corrected chi connectivity index (χ2v) is 8.11. The monoisotopic (exact) mass is 383 g/mol. The van der Waals surface area contributed by atoms with Crippen LogP contribution in [0.4, 0.5) is 0 Å². The zero-order valence-corrected chi connectivity index (χ0v) is 16.7. The number of aromatic nitrogens is 2. The fraction of sp³-hybridized carbons (Fsp3) is 0.429. The van der Waals surface area contributed by atoms with E-state index in [-0.39, 0.29) is 5.91 Å². The van der Waals surface area contributed by atoms with Crippen molar-refractivity contribution in [1.29, 1.82) is 0 Å². The van der Waals surface area contributed by atoms with Crippen LogP contribution in [-0.4, -0.2) is 29.3 Å². The lowest BCUT2D eigenvalue weighted by atomic mass is 9.98. The van der Waals surface area contributed by atoms with Crippen LogP contribution < -0.4 is 10.1 Å². The maximum atomic E-state index is 12.7. The highest BCUT2D eigenvalue weighted by atomic mass is 32.1. The molecule has 0 bridgehead atoms. The molecule has 1 aromatic carbocycles. The van der Waals surface area contributed by atoms with Crippen LogP contribution in [0.25, 0.3) is 10.9 Å². The Morgan fingerprint density at radius 3 is 2.93 bits per heavy atom. The minimum atomic E-state index is -0.0198. The molecule has 4 rings (SSSR count). The number of methoxy groups -OCH3 is 1. The van der Waals surface area contributed by atoms with Gasteiger partial charge in [-0.25, -0.2) is 0 Å². The van der Waals surface area contributed by atoms with Gasteiger partial charge < -0.3 is 10.1 Å². The van der Waals surface area contributed by atoms with Gasteiger partial charge in [0.1, 0.15) is 10.6 Å². The van der Waals surface area contributed by atoms with Crippen LogP contribution in [0.15, 0.2) is 24.3 Å². The molecule has 0 fully saturated rings. The Kier molecular flexibility index (Phi) is 5.16. The van der Waals surface area contributed by atoms with E-state index in [1.54, 1.807) is 18.4 Å². The Morgan fingerprint density at radius 1 is 1.30 bits per heavy atom. The van der Waals surface area contributed by atoms with Crippen molar-refractivity contribution in [2.24, 2.45) is 0 Å². The summed E-state index contributed by atoms with van der Waals surface area (Å²) in [6.45, 7) is 3.51. The van der Waals surface area contributed by atoms with Crippen LogP contribution in [0.3, 0.4) is 0 Å². The quantitative estimate of drug-likeness (QED) is 0.652. The molecule has 1 N–H and O–H groups in total. The predicted octanol–water partition coefficient (Wildman–Crippen LogP) is 4.11. The number of benzene rings is 1. The average molecular weight is 384 g/mol. The summed E-state index contributed by atoms with van der Waals surface area (Å²) < 4.78 is 7.59. The largest absolute Gasteiger partial charge is 0.495 e. The Labute approximate surface area is 163 Å². The Hall–Kier alpha value is -2.34. The molecule has 0 aliphatic heterocycles. The smallest absolute Gasteiger partial charge is 0.265 e. The lowest BCUT2D eigenvalue weighted by Gasteiger charge is -2.11. The van der Waals surface area contributed by atoms with Crippen LogP contribution in [-0.2, 0) is 19.4 Å². The maximum absolute atomic E-state index is 12.7. The molecule has 142 valence electrons. The number of thiophene rings is 1. The molecule has 6 heteroatoms. The molecule has 0 unspecified atom stereocenters. The second-order valence-electron chi connectivity index (χ2n) is 7.01. The van der Waals surface area contributed by atoms with Crippen molar-refractivity contribution in [1.82, 2.24) is 15.1 Å². The summed E-state index contributed by atoms with van der Waals surface area (Å²) in [7, 11) is 1.67. The Bertz CT molecular complexity index is 973. The number of ether oxygens (including phenoxy) is 1. The summed E-state index contributed by atoms with van der Waals surface area (Å²) in [5.74, 6) is 0.773. The average Bonchev–Trinajstić information content (AvgIpc) is 3.23. The van der Waals surface area contributed by atoms with Gasteiger partial charge in [-0.3, -0.25) is 9.48 Å². The van der Waals surface area contributed by atoms with Gasteiger partial charge in [-0.1, -0.05) is 18.2 Å². The SMILES string of the molecule is COc1c(C(=O)NCCCn2nc3ccccc3c2C)sc2c1CCCC2. The summed E-state index contributed by atoms with van der Waals surface area (Å²) in [6, 6.07) is 8.18. The first kappa shape index (κ1) is 18.0. The molecular weight excluding hydrogens is 358 g/mol. The van der Waals surface area contributed by atoms with Crippen molar-refractivity contribution in [2.75, 3.05) is 13.7 Å². The van der Waals surface area contributed by atoms with E-state index in [0.717, 1.165) is 42.0 Å². The van der Waals surface area contributed by atoms with Gasteiger partial charge in [-0.15, -0.1) is 11.3 Å². The standard InChI is InChI=1S/C21H25N3O2S/c1-14-15-8-3-5-10-17(15)23-24(14)13-7-12-22-21(25)20-19(26-2)16-9-4-6-11-18(16)27-20/h3,5,8,10H,4,6-7,9,11-13H2,1-2H3,(H,22,25). The molecule has 3 aromatic rings. The lowest BCUT2D eigenvalue weighted by molar-refractivity contribution is 0.0954. The number of aryl methyl sites for hydroxylation is 3. The number of hydrogen-bond acceptors (Lipinski definition) is 4. The molecule has 0 spiro atoms. The number of fused-ring (bicyclic) bond motifs is 2. The lowest BCUT2D eigenvalue weighted by Crippen LogP contribution is -2.25. The third kappa shape index (κ3) is 3.46. The first-order chi connectivity index (χ1) is 13.2. The third-order valence-electron chi connectivity index (χ3n) is 5.27. The van der Waals surface area contributed by atoms with E-state index < -0.39 is 0 Å². The van der Waals surface area contributed by atoms with Crippen molar-refractivity contribution in [2.45, 2.75) is 45.6 Å². The Balaban J connectivity index is 1.37. The van der Waals surface area contributed by atoms with E-state index in [9.17, 15) is 4.79 Å². The van der Waals surface area contributed by atoms with E-state index in [4.69, 9.17) is 4.74 Å². The molecule has 0 radical (unpaired) electrons. The highest BCUT2D eigenvalue weighted by molar-refractivity contribution is 7.14. The van der Waals surface area contributed by atoms with E-state index in [0.29, 0.717) is 6.54 Å². The molecule has 0 saturated carbocycles. The molecular formula is C21H25N3O2S.